The van der Waals surface area contributed by atoms with Crippen LogP contribution in [0.15, 0.2) is 122 Å². The highest BCUT2D eigenvalue weighted by Crippen LogP contribution is 2.13. The van der Waals surface area contributed by atoms with Crippen LogP contribution in [0.4, 0.5) is 0 Å². The molecule has 0 aliphatic rings. The first kappa shape index (κ1) is 58.8. The molecule has 0 aromatic carbocycles. The van der Waals surface area contributed by atoms with Gasteiger partial charge in [0.15, 0.2) is 6.10 Å². The number of carbonyl (C=O) groups is 3. The highest BCUT2D eigenvalue weighted by Gasteiger charge is 2.19. The van der Waals surface area contributed by atoms with Crippen LogP contribution in [0.2, 0.25) is 0 Å². The van der Waals surface area contributed by atoms with Gasteiger partial charge in [-0.3, -0.25) is 14.4 Å². The number of rotatable bonds is 43. The van der Waals surface area contributed by atoms with Crippen LogP contribution in [0.1, 0.15) is 201 Å². The smallest absolute Gasteiger partial charge is 0.306 e. The van der Waals surface area contributed by atoms with Crippen LogP contribution in [-0.4, -0.2) is 37.2 Å². The number of carbonyl (C=O) groups excluding carboxylic acids is 3. The monoisotopic (exact) mass is 871 g/mol. The van der Waals surface area contributed by atoms with Gasteiger partial charge < -0.3 is 14.2 Å². The van der Waals surface area contributed by atoms with Gasteiger partial charge in [-0.05, 0) is 96.3 Å². The largest absolute Gasteiger partial charge is 0.462 e. The Morgan fingerprint density at radius 1 is 0.349 bits per heavy atom. The van der Waals surface area contributed by atoms with Crippen molar-refractivity contribution < 1.29 is 28.6 Å². The Balaban J connectivity index is 4.53. The minimum Gasteiger partial charge on any atom is -0.462 e. The lowest BCUT2D eigenvalue weighted by molar-refractivity contribution is -0.167. The second-order valence-corrected chi connectivity index (χ2v) is 16.1. The summed E-state index contributed by atoms with van der Waals surface area (Å²) in [5.41, 5.74) is 0. The van der Waals surface area contributed by atoms with Gasteiger partial charge >= 0.3 is 17.9 Å². The van der Waals surface area contributed by atoms with E-state index in [1.165, 1.54) is 44.9 Å². The SMILES string of the molecule is CC\C=C/C=C\C=C/C=C\C=C\C=C/CCCCCC(=O)OCC(COC(=O)CCCCCCC/C=C\CCCCC)OC(=O)CCCCCCCC/C=C\C/C=C\C/C=C\CC. The number of esters is 3. The van der Waals surface area contributed by atoms with Gasteiger partial charge in [0, 0.05) is 19.3 Å². The van der Waals surface area contributed by atoms with E-state index in [4.69, 9.17) is 14.2 Å². The topological polar surface area (TPSA) is 78.9 Å². The maximum atomic E-state index is 12.8. The Hall–Kier alpha value is -4.19. The molecule has 0 spiro atoms. The summed E-state index contributed by atoms with van der Waals surface area (Å²) in [6, 6.07) is 0. The van der Waals surface area contributed by atoms with E-state index in [1.807, 2.05) is 60.8 Å². The van der Waals surface area contributed by atoms with Crippen molar-refractivity contribution in [3.63, 3.8) is 0 Å². The standard InChI is InChI=1S/C57H90O6/c1-4-7-10-13-16-19-22-25-27-29-31-32-35-38-41-44-47-50-56(59)62-53-54(52-61-55(58)49-46-43-40-37-34-24-21-18-15-12-9-6-3)63-57(60)51-48-45-42-39-36-33-30-28-26-23-20-17-14-11-8-5-2/h7-8,10-11,13,16-22,25-29,31-32,35,54H,4-6,9,12,14-15,23-24,30,33-34,36-53H2,1-3H3/b10-7-,11-8-,16-13-,20-17-,21-18-,22-19-,27-25-,28-26-,31-29+,35-32-. The number of hydrogen-bond acceptors (Lipinski definition) is 6. The molecule has 354 valence electrons. The van der Waals surface area contributed by atoms with Gasteiger partial charge in [-0.1, -0.05) is 206 Å². The summed E-state index contributed by atoms with van der Waals surface area (Å²) < 4.78 is 16.7. The normalized spacial score (nSPS) is 13.1. The van der Waals surface area contributed by atoms with E-state index < -0.39 is 6.10 Å². The molecule has 63 heavy (non-hydrogen) atoms. The predicted molar refractivity (Wildman–Crippen MR) is 269 cm³/mol. The highest BCUT2D eigenvalue weighted by atomic mass is 16.6. The maximum Gasteiger partial charge on any atom is 0.306 e. The van der Waals surface area contributed by atoms with Crippen molar-refractivity contribution in [2.45, 2.75) is 207 Å². The van der Waals surface area contributed by atoms with Gasteiger partial charge in [-0.25, -0.2) is 0 Å². The lowest BCUT2D eigenvalue weighted by Gasteiger charge is -2.18. The first-order chi connectivity index (χ1) is 31.0. The number of unbranched alkanes of at least 4 members (excludes halogenated alkanes) is 17. The molecule has 6 nitrogen and oxygen atoms in total. The zero-order chi connectivity index (χ0) is 45.8. The third-order valence-corrected chi connectivity index (χ3v) is 10.1. The summed E-state index contributed by atoms with van der Waals surface area (Å²) in [4.78, 5) is 37.9. The van der Waals surface area contributed by atoms with Crippen LogP contribution < -0.4 is 0 Å². The minimum absolute atomic E-state index is 0.106. The van der Waals surface area contributed by atoms with Gasteiger partial charge in [0.2, 0.25) is 0 Å². The van der Waals surface area contributed by atoms with E-state index in [0.717, 1.165) is 116 Å². The molecule has 0 aliphatic heterocycles. The van der Waals surface area contributed by atoms with Crippen molar-refractivity contribution in [2.75, 3.05) is 13.2 Å². The molecule has 0 aromatic heterocycles. The van der Waals surface area contributed by atoms with Crippen LogP contribution in [0.3, 0.4) is 0 Å². The summed E-state index contributed by atoms with van der Waals surface area (Å²) in [6.45, 7) is 6.28. The zero-order valence-corrected chi connectivity index (χ0v) is 40.3. The molecule has 0 aromatic rings. The molecule has 0 heterocycles. The molecular weight excluding hydrogens is 781 g/mol. The molecular formula is C57H90O6. The van der Waals surface area contributed by atoms with E-state index in [2.05, 4.69) is 81.5 Å². The van der Waals surface area contributed by atoms with Gasteiger partial charge in [0.05, 0.1) is 0 Å². The molecule has 0 rings (SSSR count). The van der Waals surface area contributed by atoms with Crippen LogP contribution in [0.5, 0.6) is 0 Å². The number of hydrogen-bond donors (Lipinski definition) is 0. The molecule has 1 atom stereocenters. The summed E-state index contributed by atoms with van der Waals surface area (Å²) in [5.74, 6) is -0.982. The van der Waals surface area contributed by atoms with E-state index in [9.17, 15) is 14.4 Å². The first-order valence-corrected chi connectivity index (χ1v) is 25.1. The van der Waals surface area contributed by atoms with Crippen LogP contribution >= 0.6 is 0 Å². The molecule has 0 saturated heterocycles. The van der Waals surface area contributed by atoms with E-state index in [0.29, 0.717) is 19.3 Å². The van der Waals surface area contributed by atoms with Crippen LogP contribution in [0, 0.1) is 0 Å². The van der Waals surface area contributed by atoms with Crippen molar-refractivity contribution in [1.29, 1.82) is 0 Å². The fourth-order valence-corrected chi connectivity index (χ4v) is 6.36. The number of ether oxygens (including phenoxy) is 3. The molecule has 0 aliphatic carbocycles. The van der Waals surface area contributed by atoms with Crippen LogP contribution in [0.25, 0.3) is 0 Å². The Morgan fingerprint density at radius 3 is 1.19 bits per heavy atom. The molecule has 0 fully saturated rings. The van der Waals surface area contributed by atoms with Gasteiger partial charge in [0.25, 0.3) is 0 Å². The van der Waals surface area contributed by atoms with Gasteiger partial charge in [0.1, 0.15) is 13.2 Å². The minimum atomic E-state index is -0.810. The van der Waals surface area contributed by atoms with Crippen molar-refractivity contribution in [3.05, 3.63) is 122 Å². The van der Waals surface area contributed by atoms with Gasteiger partial charge in [-0.2, -0.15) is 0 Å². The van der Waals surface area contributed by atoms with Crippen molar-refractivity contribution >= 4 is 17.9 Å². The molecule has 0 radical (unpaired) electrons. The third kappa shape index (κ3) is 48.7. The average Bonchev–Trinajstić information content (AvgIpc) is 3.28. The van der Waals surface area contributed by atoms with E-state index >= 15 is 0 Å². The Labute approximate surface area is 386 Å². The van der Waals surface area contributed by atoms with Crippen molar-refractivity contribution in [1.82, 2.24) is 0 Å². The zero-order valence-electron chi connectivity index (χ0n) is 40.3. The van der Waals surface area contributed by atoms with Crippen LogP contribution in [-0.2, 0) is 28.6 Å². The fraction of sp³-hybridized carbons (Fsp3) is 0.596. The number of allylic oxidation sites excluding steroid dienone is 20. The highest BCUT2D eigenvalue weighted by molar-refractivity contribution is 5.71. The fourth-order valence-electron chi connectivity index (χ4n) is 6.36. The second kappa shape index (κ2) is 50.5. The second-order valence-electron chi connectivity index (χ2n) is 16.1. The lowest BCUT2D eigenvalue weighted by Crippen LogP contribution is -2.30. The maximum absolute atomic E-state index is 12.8. The predicted octanol–water partition coefficient (Wildman–Crippen LogP) is 16.5. The summed E-state index contributed by atoms with van der Waals surface area (Å²) in [7, 11) is 0. The van der Waals surface area contributed by atoms with Crippen molar-refractivity contribution in [2.24, 2.45) is 0 Å². The lowest BCUT2D eigenvalue weighted by atomic mass is 10.1. The Kier molecular flexibility index (Phi) is 47.1. The van der Waals surface area contributed by atoms with E-state index in [-0.39, 0.29) is 31.1 Å². The molecule has 1 unspecified atom stereocenters. The van der Waals surface area contributed by atoms with Crippen molar-refractivity contribution in [3.8, 4) is 0 Å². The first-order valence-electron chi connectivity index (χ1n) is 25.1. The molecule has 0 amide bonds. The average molecular weight is 871 g/mol. The van der Waals surface area contributed by atoms with Gasteiger partial charge in [-0.15, -0.1) is 0 Å². The third-order valence-electron chi connectivity index (χ3n) is 10.1. The molecule has 0 bridgehead atoms. The molecule has 0 N–H and O–H groups in total. The summed E-state index contributed by atoms with van der Waals surface area (Å²) in [6.07, 6.45) is 68.9. The molecule has 0 saturated carbocycles. The Morgan fingerprint density at radius 2 is 0.698 bits per heavy atom. The Bertz CT molecular complexity index is 1370. The van der Waals surface area contributed by atoms with E-state index in [1.54, 1.807) is 0 Å². The summed E-state index contributed by atoms with van der Waals surface area (Å²) >= 11 is 0. The quantitative estimate of drug-likeness (QED) is 0.0200. The molecule has 6 heteroatoms. The summed E-state index contributed by atoms with van der Waals surface area (Å²) in [5, 5.41) is 0.